The number of halogens is 3. The fourth-order valence-corrected chi connectivity index (χ4v) is 2.09. The van der Waals surface area contributed by atoms with Crippen LogP contribution in [0, 0.1) is 0 Å². The lowest BCUT2D eigenvalue weighted by molar-refractivity contribution is -0.138. The number of nitrogens with zero attached hydrogens (tertiary/aromatic N) is 1. The maximum Gasteiger partial charge on any atom is 0.416 e. The zero-order chi connectivity index (χ0) is 15.6. The van der Waals surface area contributed by atoms with Crippen LogP contribution < -0.4 is 11.1 Å². The highest BCUT2D eigenvalue weighted by atomic mass is 19.4. The maximum atomic E-state index is 13.0. The predicted octanol–water partition coefficient (Wildman–Crippen LogP) is 2.00. The summed E-state index contributed by atoms with van der Waals surface area (Å²) in [6, 6.07) is 3.96. The van der Waals surface area contributed by atoms with Crippen molar-refractivity contribution in [2.75, 3.05) is 19.3 Å². The molecule has 1 aromatic rings. The Morgan fingerprint density at radius 3 is 2.67 bits per heavy atom. The van der Waals surface area contributed by atoms with Gasteiger partial charge < -0.3 is 11.1 Å². The molecule has 7 heteroatoms. The Balaban J connectivity index is 2.02. The van der Waals surface area contributed by atoms with Crippen LogP contribution in [0.4, 0.5) is 18.9 Å². The lowest BCUT2D eigenvalue weighted by atomic mass is 10.1. The fourth-order valence-electron chi connectivity index (χ4n) is 2.09. The molecule has 0 saturated heterocycles. The number of hydrogen-bond acceptors (Lipinski definition) is 3. The number of benzene rings is 1. The summed E-state index contributed by atoms with van der Waals surface area (Å²) in [6.07, 6.45) is -2.50. The second kappa shape index (κ2) is 5.93. The summed E-state index contributed by atoms with van der Waals surface area (Å²) in [5.74, 6) is -0.163. The summed E-state index contributed by atoms with van der Waals surface area (Å²) in [5, 5.41) is 2.80. The minimum atomic E-state index is -4.46. The monoisotopic (exact) mass is 301 g/mol. The van der Waals surface area contributed by atoms with Gasteiger partial charge in [-0.3, -0.25) is 9.69 Å². The number of anilines is 1. The van der Waals surface area contributed by atoms with E-state index < -0.39 is 11.7 Å². The minimum absolute atomic E-state index is 0.0349. The first kappa shape index (κ1) is 15.6. The summed E-state index contributed by atoms with van der Waals surface area (Å²) >= 11 is 0. The van der Waals surface area contributed by atoms with Gasteiger partial charge in [0.05, 0.1) is 12.1 Å². The Kier molecular flexibility index (Phi) is 4.41. The summed E-state index contributed by atoms with van der Waals surface area (Å²) in [4.78, 5) is 13.2. The summed E-state index contributed by atoms with van der Waals surface area (Å²) in [6.45, 7) is 0.103. The molecule has 21 heavy (non-hydrogen) atoms. The quantitative estimate of drug-likeness (QED) is 0.818. The van der Waals surface area contributed by atoms with Crippen molar-refractivity contribution in [3.05, 3.63) is 29.3 Å². The van der Waals surface area contributed by atoms with Gasteiger partial charge in [-0.05, 0) is 37.6 Å². The van der Waals surface area contributed by atoms with Crippen LogP contribution in [0.3, 0.4) is 0 Å². The summed E-state index contributed by atoms with van der Waals surface area (Å²) in [7, 11) is 1.61. The van der Waals surface area contributed by atoms with Gasteiger partial charge in [-0.15, -0.1) is 0 Å². The first-order valence-electron chi connectivity index (χ1n) is 6.69. The zero-order valence-corrected chi connectivity index (χ0v) is 11.7. The molecule has 0 bridgehead atoms. The van der Waals surface area contributed by atoms with Crippen LogP contribution in [0.2, 0.25) is 0 Å². The second-order valence-electron chi connectivity index (χ2n) is 5.43. The van der Waals surface area contributed by atoms with E-state index in [2.05, 4.69) is 5.32 Å². The Hall–Kier alpha value is -1.76. The van der Waals surface area contributed by atoms with Gasteiger partial charge in [0, 0.05) is 18.3 Å². The van der Waals surface area contributed by atoms with Crippen molar-refractivity contribution in [2.24, 2.45) is 0 Å². The van der Waals surface area contributed by atoms with Crippen molar-refractivity contribution < 1.29 is 18.0 Å². The van der Waals surface area contributed by atoms with Crippen LogP contribution in [0.5, 0.6) is 0 Å². The van der Waals surface area contributed by atoms with E-state index in [1.54, 1.807) is 11.9 Å². The van der Waals surface area contributed by atoms with Gasteiger partial charge in [0.2, 0.25) is 5.91 Å². The van der Waals surface area contributed by atoms with Crippen LogP contribution in [-0.2, 0) is 17.5 Å². The lowest BCUT2D eigenvalue weighted by Crippen LogP contribution is -2.36. The molecule has 0 aromatic heterocycles. The van der Waals surface area contributed by atoms with Gasteiger partial charge in [0.15, 0.2) is 0 Å². The molecular weight excluding hydrogens is 283 g/mol. The van der Waals surface area contributed by atoms with Crippen molar-refractivity contribution in [3.8, 4) is 0 Å². The predicted molar refractivity (Wildman–Crippen MR) is 73.4 cm³/mol. The van der Waals surface area contributed by atoms with Gasteiger partial charge in [-0.25, -0.2) is 0 Å². The molecule has 1 fully saturated rings. The van der Waals surface area contributed by atoms with Crippen molar-refractivity contribution in [1.82, 2.24) is 10.2 Å². The van der Waals surface area contributed by atoms with E-state index in [0.29, 0.717) is 0 Å². The molecule has 116 valence electrons. The van der Waals surface area contributed by atoms with Crippen molar-refractivity contribution >= 4 is 11.6 Å². The number of carbonyl (C=O) groups excluding carboxylic acids is 1. The highest BCUT2D eigenvalue weighted by Crippen LogP contribution is 2.33. The molecule has 4 nitrogen and oxygen atoms in total. The van der Waals surface area contributed by atoms with Gasteiger partial charge in [0.25, 0.3) is 0 Å². The van der Waals surface area contributed by atoms with Crippen molar-refractivity contribution in [1.29, 1.82) is 0 Å². The first-order valence-corrected chi connectivity index (χ1v) is 6.69. The number of carbonyl (C=O) groups is 1. The Morgan fingerprint density at radius 2 is 2.10 bits per heavy atom. The number of amides is 1. The summed E-state index contributed by atoms with van der Waals surface area (Å²) in [5.41, 5.74) is 4.85. The average Bonchev–Trinajstić information content (AvgIpc) is 3.13. The third-order valence-electron chi connectivity index (χ3n) is 3.24. The van der Waals surface area contributed by atoms with Gasteiger partial charge >= 0.3 is 6.18 Å². The Labute approximate surface area is 121 Å². The fraction of sp³-hybridized carbons (Fsp3) is 0.500. The Morgan fingerprint density at radius 1 is 1.43 bits per heavy atom. The normalized spacial score (nSPS) is 15.3. The van der Waals surface area contributed by atoms with E-state index in [1.165, 1.54) is 12.1 Å². The van der Waals surface area contributed by atoms with E-state index in [0.717, 1.165) is 18.9 Å². The SMILES string of the molecule is CN(CC(=O)NC1CC1)Cc1ccc(N)cc1C(F)(F)F. The molecule has 0 atom stereocenters. The topological polar surface area (TPSA) is 58.4 Å². The molecule has 0 radical (unpaired) electrons. The highest BCUT2D eigenvalue weighted by molar-refractivity contribution is 5.78. The number of nitrogens with two attached hydrogens (primary N) is 1. The van der Waals surface area contributed by atoms with Gasteiger partial charge in [0.1, 0.15) is 0 Å². The summed E-state index contributed by atoms with van der Waals surface area (Å²) < 4.78 is 38.9. The molecule has 0 unspecified atom stereocenters. The van der Waals surface area contributed by atoms with E-state index in [9.17, 15) is 18.0 Å². The third-order valence-corrected chi connectivity index (χ3v) is 3.24. The largest absolute Gasteiger partial charge is 0.416 e. The number of hydrogen-bond donors (Lipinski definition) is 2. The zero-order valence-electron chi connectivity index (χ0n) is 11.7. The van der Waals surface area contributed by atoms with Crippen molar-refractivity contribution in [3.63, 3.8) is 0 Å². The number of rotatable bonds is 5. The minimum Gasteiger partial charge on any atom is -0.399 e. The first-order chi connectivity index (χ1) is 9.75. The number of nitrogen functional groups attached to an aromatic ring is 1. The Bertz CT molecular complexity index is 527. The molecule has 1 aliphatic rings. The van der Waals surface area contributed by atoms with Crippen LogP contribution in [0.15, 0.2) is 18.2 Å². The van der Waals surface area contributed by atoms with Crippen LogP contribution in [0.25, 0.3) is 0 Å². The number of likely N-dealkylation sites (N-methyl/N-ethyl adjacent to an activating group) is 1. The molecule has 0 heterocycles. The molecule has 1 aromatic carbocycles. The van der Waals surface area contributed by atoms with E-state index in [4.69, 9.17) is 5.73 Å². The number of alkyl halides is 3. The smallest absolute Gasteiger partial charge is 0.399 e. The van der Waals surface area contributed by atoms with E-state index in [1.807, 2.05) is 0 Å². The standard InChI is InChI=1S/C14H18F3N3O/c1-20(8-13(21)19-11-4-5-11)7-9-2-3-10(18)6-12(9)14(15,16)17/h2-3,6,11H,4-5,7-8,18H2,1H3,(H,19,21). The van der Waals surface area contributed by atoms with Gasteiger partial charge in [-0.2, -0.15) is 13.2 Å². The average molecular weight is 301 g/mol. The molecule has 1 aliphatic carbocycles. The van der Waals surface area contributed by atoms with Crippen molar-refractivity contribution in [2.45, 2.75) is 31.6 Å². The molecule has 3 N–H and O–H groups in total. The van der Waals surface area contributed by atoms with Crippen LogP contribution in [-0.4, -0.2) is 30.4 Å². The molecule has 2 rings (SSSR count). The van der Waals surface area contributed by atoms with E-state index >= 15 is 0 Å². The molecule has 0 aliphatic heterocycles. The lowest BCUT2D eigenvalue weighted by Gasteiger charge is -2.20. The molecule has 0 spiro atoms. The second-order valence-corrected chi connectivity index (χ2v) is 5.43. The van der Waals surface area contributed by atoms with Crippen LogP contribution in [0.1, 0.15) is 24.0 Å². The van der Waals surface area contributed by atoms with Crippen LogP contribution >= 0.6 is 0 Å². The van der Waals surface area contributed by atoms with E-state index in [-0.39, 0.29) is 36.3 Å². The third kappa shape index (κ3) is 4.63. The highest BCUT2D eigenvalue weighted by Gasteiger charge is 2.33. The number of nitrogens with one attached hydrogen (secondary N) is 1. The molecule has 1 amide bonds. The molecule has 1 saturated carbocycles. The van der Waals surface area contributed by atoms with Gasteiger partial charge in [-0.1, -0.05) is 6.07 Å². The molecular formula is C14H18F3N3O. The maximum absolute atomic E-state index is 13.0.